The summed E-state index contributed by atoms with van der Waals surface area (Å²) < 4.78 is 28.9. The minimum Gasteiger partial charge on any atom is -0.435 e. The number of ether oxygens (including phenoxy) is 1. The first kappa shape index (κ1) is 14.5. The number of nitrogens with two attached hydrogens (primary N) is 1. The number of alkyl halides is 2. The van der Waals surface area contributed by atoms with Crippen LogP contribution in [-0.4, -0.2) is 6.61 Å². The lowest BCUT2D eigenvalue weighted by atomic mass is 9.94. The zero-order valence-electron chi connectivity index (χ0n) is 11.4. The van der Waals surface area contributed by atoms with Crippen molar-refractivity contribution in [2.45, 2.75) is 26.5 Å². The number of halogens is 2. The molecule has 0 saturated heterocycles. The summed E-state index contributed by atoms with van der Waals surface area (Å²) in [6, 6.07) is 12.2. The number of hydrogen-bond acceptors (Lipinski definition) is 2. The zero-order valence-corrected chi connectivity index (χ0v) is 11.4. The van der Waals surface area contributed by atoms with Crippen LogP contribution in [-0.2, 0) is 0 Å². The Morgan fingerprint density at radius 2 is 1.80 bits per heavy atom. The lowest BCUT2D eigenvalue weighted by Gasteiger charge is -2.16. The van der Waals surface area contributed by atoms with Crippen LogP contribution in [0.4, 0.5) is 8.78 Å². The van der Waals surface area contributed by atoms with Crippen molar-refractivity contribution in [1.29, 1.82) is 0 Å². The maximum atomic E-state index is 12.2. The Hall–Kier alpha value is -1.94. The summed E-state index contributed by atoms with van der Waals surface area (Å²) >= 11 is 0. The van der Waals surface area contributed by atoms with Gasteiger partial charge in [0.25, 0.3) is 0 Å². The van der Waals surface area contributed by atoms with Gasteiger partial charge in [0.15, 0.2) is 0 Å². The molecule has 0 spiro atoms. The predicted octanol–water partition coefficient (Wildman–Crippen LogP) is 3.95. The molecule has 0 aliphatic carbocycles. The van der Waals surface area contributed by atoms with Gasteiger partial charge in [0.1, 0.15) is 5.75 Å². The standard InChI is InChI=1S/C16H17F2NO/c1-10-6-7-14(11(2)8-10)15(19)12-4-3-5-13(9-12)20-16(17)18/h3-9,15-16H,19H2,1-2H3. The van der Waals surface area contributed by atoms with Crippen molar-refractivity contribution in [2.75, 3.05) is 0 Å². The summed E-state index contributed by atoms with van der Waals surface area (Å²) in [4.78, 5) is 0. The Balaban J connectivity index is 2.30. The van der Waals surface area contributed by atoms with Crippen LogP contribution in [0.3, 0.4) is 0 Å². The molecule has 0 radical (unpaired) electrons. The van der Waals surface area contributed by atoms with Crippen molar-refractivity contribution in [2.24, 2.45) is 5.73 Å². The van der Waals surface area contributed by atoms with Crippen LogP contribution < -0.4 is 10.5 Å². The van der Waals surface area contributed by atoms with E-state index in [0.717, 1.165) is 22.3 Å². The third-order valence-corrected chi connectivity index (χ3v) is 3.20. The molecule has 20 heavy (non-hydrogen) atoms. The molecule has 0 aromatic heterocycles. The van der Waals surface area contributed by atoms with Crippen LogP contribution in [0.25, 0.3) is 0 Å². The maximum Gasteiger partial charge on any atom is 0.387 e. The molecule has 0 saturated carbocycles. The minimum absolute atomic E-state index is 0.123. The highest BCUT2D eigenvalue weighted by molar-refractivity contribution is 5.40. The molecule has 1 atom stereocenters. The van der Waals surface area contributed by atoms with E-state index in [1.54, 1.807) is 12.1 Å². The van der Waals surface area contributed by atoms with Crippen LogP contribution >= 0.6 is 0 Å². The molecule has 106 valence electrons. The molecule has 2 aromatic carbocycles. The van der Waals surface area contributed by atoms with E-state index in [0.29, 0.717) is 0 Å². The minimum atomic E-state index is -2.83. The van der Waals surface area contributed by atoms with Crippen molar-refractivity contribution < 1.29 is 13.5 Å². The summed E-state index contributed by atoms with van der Waals surface area (Å²) in [6.07, 6.45) is 0. The first-order valence-corrected chi connectivity index (χ1v) is 6.35. The Morgan fingerprint density at radius 3 is 2.45 bits per heavy atom. The largest absolute Gasteiger partial charge is 0.435 e. The van der Waals surface area contributed by atoms with E-state index in [1.165, 1.54) is 6.07 Å². The molecule has 2 rings (SSSR count). The van der Waals surface area contributed by atoms with E-state index in [2.05, 4.69) is 10.8 Å². The third kappa shape index (κ3) is 3.33. The molecule has 2 N–H and O–H groups in total. The normalized spacial score (nSPS) is 12.5. The van der Waals surface area contributed by atoms with Crippen molar-refractivity contribution in [3.05, 3.63) is 64.7 Å². The fourth-order valence-electron chi connectivity index (χ4n) is 2.24. The first-order chi connectivity index (χ1) is 9.47. The second-order valence-corrected chi connectivity index (χ2v) is 4.79. The van der Waals surface area contributed by atoms with Crippen molar-refractivity contribution in [3.63, 3.8) is 0 Å². The fraction of sp³-hybridized carbons (Fsp3) is 0.250. The van der Waals surface area contributed by atoms with Crippen molar-refractivity contribution in [3.8, 4) is 5.75 Å². The fourth-order valence-corrected chi connectivity index (χ4v) is 2.24. The van der Waals surface area contributed by atoms with Crippen LogP contribution in [0.15, 0.2) is 42.5 Å². The van der Waals surface area contributed by atoms with Gasteiger partial charge >= 0.3 is 6.61 Å². The van der Waals surface area contributed by atoms with E-state index in [-0.39, 0.29) is 11.8 Å². The van der Waals surface area contributed by atoms with E-state index >= 15 is 0 Å². The van der Waals surface area contributed by atoms with Gasteiger partial charge in [-0.25, -0.2) is 0 Å². The molecule has 0 amide bonds. The van der Waals surface area contributed by atoms with Gasteiger partial charge in [-0.15, -0.1) is 0 Å². The summed E-state index contributed by atoms with van der Waals surface area (Å²) in [5.41, 5.74) is 10.2. The zero-order chi connectivity index (χ0) is 14.7. The summed E-state index contributed by atoms with van der Waals surface area (Å²) in [5, 5.41) is 0. The van der Waals surface area contributed by atoms with Crippen molar-refractivity contribution in [1.82, 2.24) is 0 Å². The third-order valence-electron chi connectivity index (χ3n) is 3.20. The van der Waals surface area contributed by atoms with Crippen molar-refractivity contribution >= 4 is 0 Å². The topological polar surface area (TPSA) is 35.2 Å². The van der Waals surface area contributed by atoms with Gasteiger partial charge in [-0.05, 0) is 42.7 Å². The summed E-state index contributed by atoms with van der Waals surface area (Å²) in [6.45, 7) is 1.17. The second-order valence-electron chi connectivity index (χ2n) is 4.79. The Bertz CT molecular complexity index is 599. The lowest BCUT2D eigenvalue weighted by molar-refractivity contribution is -0.0498. The Kier molecular flexibility index (Phi) is 4.35. The summed E-state index contributed by atoms with van der Waals surface area (Å²) in [5.74, 6) is 0.123. The molecular weight excluding hydrogens is 260 g/mol. The molecule has 1 unspecified atom stereocenters. The van der Waals surface area contributed by atoms with E-state index in [4.69, 9.17) is 5.73 Å². The molecule has 0 bridgehead atoms. The first-order valence-electron chi connectivity index (χ1n) is 6.35. The number of aryl methyl sites for hydroxylation is 2. The van der Waals surface area contributed by atoms with E-state index < -0.39 is 6.61 Å². The molecule has 0 fully saturated rings. The van der Waals surface area contributed by atoms with Gasteiger partial charge < -0.3 is 10.5 Å². The van der Waals surface area contributed by atoms with Gasteiger partial charge in [-0.3, -0.25) is 0 Å². The Labute approximate surface area is 117 Å². The highest BCUT2D eigenvalue weighted by Crippen LogP contribution is 2.26. The number of rotatable bonds is 4. The highest BCUT2D eigenvalue weighted by Gasteiger charge is 2.13. The molecule has 0 aliphatic rings. The van der Waals surface area contributed by atoms with E-state index in [9.17, 15) is 8.78 Å². The van der Waals surface area contributed by atoms with Gasteiger partial charge in [0.05, 0.1) is 6.04 Å². The van der Waals surface area contributed by atoms with Crippen LogP contribution in [0.2, 0.25) is 0 Å². The average Bonchev–Trinajstić information content (AvgIpc) is 2.37. The molecule has 0 aliphatic heterocycles. The van der Waals surface area contributed by atoms with Gasteiger partial charge in [-0.1, -0.05) is 35.9 Å². The molecule has 2 aromatic rings. The second kappa shape index (κ2) is 6.01. The lowest BCUT2D eigenvalue weighted by Crippen LogP contribution is -2.13. The Morgan fingerprint density at radius 1 is 1.05 bits per heavy atom. The van der Waals surface area contributed by atoms with Gasteiger partial charge in [-0.2, -0.15) is 8.78 Å². The number of benzene rings is 2. The van der Waals surface area contributed by atoms with E-state index in [1.807, 2.05) is 32.0 Å². The van der Waals surface area contributed by atoms with Crippen LogP contribution in [0, 0.1) is 13.8 Å². The SMILES string of the molecule is Cc1ccc(C(N)c2cccc(OC(F)F)c2)c(C)c1. The van der Waals surface area contributed by atoms with Gasteiger partial charge in [0, 0.05) is 0 Å². The summed E-state index contributed by atoms with van der Waals surface area (Å²) in [7, 11) is 0. The monoisotopic (exact) mass is 277 g/mol. The maximum absolute atomic E-state index is 12.2. The molecule has 2 nitrogen and oxygen atoms in total. The smallest absolute Gasteiger partial charge is 0.387 e. The molecule has 0 heterocycles. The highest BCUT2D eigenvalue weighted by atomic mass is 19.3. The average molecular weight is 277 g/mol. The van der Waals surface area contributed by atoms with Crippen LogP contribution in [0.1, 0.15) is 28.3 Å². The van der Waals surface area contributed by atoms with Crippen LogP contribution in [0.5, 0.6) is 5.75 Å². The molecular formula is C16H17F2NO. The predicted molar refractivity (Wildman–Crippen MR) is 75.0 cm³/mol. The quantitative estimate of drug-likeness (QED) is 0.918. The molecule has 4 heteroatoms. The number of hydrogen-bond donors (Lipinski definition) is 1. The van der Waals surface area contributed by atoms with Gasteiger partial charge in [0.2, 0.25) is 0 Å².